The lowest BCUT2D eigenvalue weighted by molar-refractivity contribution is -0.131. The molecule has 0 aliphatic carbocycles. The Kier molecular flexibility index (Phi) is 4.20. The first kappa shape index (κ1) is 12.5. The van der Waals surface area contributed by atoms with Crippen LogP contribution >= 0.6 is 0 Å². The Labute approximate surface area is 106 Å². The minimum atomic E-state index is 0.0270. The van der Waals surface area contributed by atoms with Crippen molar-refractivity contribution in [3.05, 3.63) is 46.3 Å². The molecule has 2 rings (SSSR count). The van der Waals surface area contributed by atoms with E-state index in [2.05, 4.69) is 10.0 Å². The Morgan fingerprint density at radius 3 is 2.89 bits per heavy atom. The molecule has 1 fully saturated rings. The van der Waals surface area contributed by atoms with Gasteiger partial charge in [0.25, 0.3) is 0 Å². The number of likely N-dealkylation sites (tertiary alicyclic amines) is 1. The normalized spacial score (nSPS) is 18.8. The van der Waals surface area contributed by atoms with Gasteiger partial charge in [-0.15, -0.1) is 0 Å². The maximum Gasteiger partial charge on any atom is 0.226 e. The molecule has 0 saturated carbocycles. The molecule has 0 aromatic heterocycles. The molecule has 1 saturated heterocycles. The SMILES string of the molecule is [N-]=[N+]=NCCC1CCN(Cc2ccccc2)C1=O. The largest absolute Gasteiger partial charge is 0.338 e. The summed E-state index contributed by atoms with van der Waals surface area (Å²) in [6, 6.07) is 9.99. The van der Waals surface area contributed by atoms with Gasteiger partial charge < -0.3 is 4.90 Å². The van der Waals surface area contributed by atoms with Gasteiger partial charge in [-0.2, -0.15) is 0 Å². The molecule has 1 aliphatic rings. The highest BCUT2D eigenvalue weighted by atomic mass is 16.2. The third-order valence-corrected chi connectivity index (χ3v) is 3.27. The number of hydrogen-bond acceptors (Lipinski definition) is 2. The van der Waals surface area contributed by atoms with E-state index in [1.165, 1.54) is 0 Å². The zero-order valence-electron chi connectivity index (χ0n) is 10.2. The molecule has 5 nitrogen and oxygen atoms in total. The van der Waals surface area contributed by atoms with Crippen molar-refractivity contribution >= 4 is 5.91 Å². The van der Waals surface area contributed by atoms with Crippen LogP contribution in [0.15, 0.2) is 35.4 Å². The molecule has 1 aromatic rings. The Morgan fingerprint density at radius 1 is 1.39 bits per heavy atom. The summed E-state index contributed by atoms with van der Waals surface area (Å²) in [4.78, 5) is 16.7. The third kappa shape index (κ3) is 3.02. The lowest BCUT2D eigenvalue weighted by Gasteiger charge is -2.16. The lowest BCUT2D eigenvalue weighted by Crippen LogP contribution is -2.27. The van der Waals surface area contributed by atoms with E-state index in [0.717, 1.165) is 18.5 Å². The highest BCUT2D eigenvalue weighted by molar-refractivity contribution is 5.80. The molecule has 5 heteroatoms. The van der Waals surface area contributed by atoms with Gasteiger partial charge >= 0.3 is 0 Å². The van der Waals surface area contributed by atoms with E-state index >= 15 is 0 Å². The molecular formula is C13H16N4O. The highest BCUT2D eigenvalue weighted by Crippen LogP contribution is 2.23. The summed E-state index contributed by atoms with van der Waals surface area (Å²) in [5.74, 6) is 0.214. The van der Waals surface area contributed by atoms with Crippen molar-refractivity contribution in [1.29, 1.82) is 0 Å². The number of benzene rings is 1. The van der Waals surface area contributed by atoms with Gasteiger partial charge in [-0.05, 0) is 23.9 Å². The summed E-state index contributed by atoms with van der Waals surface area (Å²) in [6.07, 6.45) is 1.53. The van der Waals surface area contributed by atoms with Crippen LogP contribution in [-0.2, 0) is 11.3 Å². The second-order valence-corrected chi connectivity index (χ2v) is 4.47. The van der Waals surface area contributed by atoms with Crippen molar-refractivity contribution in [2.75, 3.05) is 13.1 Å². The fourth-order valence-electron chi connectivity index (χ4n) is 2.29. The van der Waals surface area contributed by atoms with Crippen molar-refractivity contribution in [1.82, 2.24) is 4.90 Å². The Morgan fingerprint density at radius 2 is 2.17 bits per heavy atom. The molecule has 0 bridgehead atoms. The summed E-state index contributed by atoms with van der Waals surface area (Å²) >= 11 is 0. The number of nitrogens with zero attached hydrogens (tertiary/aromatic N) is 4. The molecule has 0 radical (unpaired) electrons. The Hall–Kier alpha value is -2.00. The molecule has 1 aliphatic heterocycles. The average molecular weight is 244 g/mol. The summed E-state index contributed by atoms with van der Waals surface area (Å²) in [7, 11) is 0. The van der Waals surface area contributed by atoms with Crippen LogP contribution in [-0.4, -0.2) is 23.9 Å². The standard InChI is InChI=1S/C13H16N4O/c14-16-15-8-6-12-7-9-17(13(12)18)10-11-4-2-1-3-5-11/h1-5,12H,6-10H2. The minimum absolute atomic E-state index is 0.0270. The van der Waals surface area contributed by atoms with Gasteiger partial charge in [-0.25, -0.2) is 0 Å². The molecular weight excluding hydrogens is 228 g/mol. The molecule has 1 amide bonds. The number of rotatable bonds is 5. The molecule has 18 heavy (non-hydrogen) atoms. The predicted octanol–water partition coefficient (Wildman–Crippen LogP) is 2.74. The van der Waals surface area contributed by atoms with Gasteiger partial charge in [0, 0.05) is 30.5 Å². The first-order chi connectivity index (χ1) is 8.81. The number of amides is 1. The quantitative estimate of drug-likeness (QED) is 0.446. The van der Waals surface area contributed by atoms with E-state index in [4.69, 9.17) is 5.53 Å². The maximum absolute atomic E-state index is 12.1. The van der Waals surface area contributed by atoms with Crippen molar-refractivity contribution in [3.63, 3.8) is 0 Å². The van der Waals surface area contributed by atoms with Crippen LogP contribution in [0.4, 0.5) is 0 Å². The van der Waals surface area contributed by atoms with Crippen LogP contribution in [0.3, 0.4) is 0 Å². The van der Waals surface area contributed by atoms with Gasteiger partial charge in [0.1, 0.15) is 0 Å². The van der Waals surface area contributed by atoms with E-state index in [1.54, 1.807) is 0 Å². The van der Waals surface area contributed by atoms with Gasteiger partial charge in [-0.3, -0.25) is 4.79 Å². The number of azide groups is 1. The molecule has 1 aromatic carbocycles. The van der Waals surface area contributed by atoms with E-state index < -0.39 is 0 Å². The Balaban J connectivity index is 1.89. The fraction of sp³-hybridized carbons (Fsp3) is 0.462. The van der Waals surface area contributed by atoms with Crippen molar-refractivity contribution in [2.24, 2.45) is 11.0 Å². The molecule has 1 unspecified atom stereocenters. The first-order valence-corrected chi connectivity index (χ1v) is 6.15. The molecule has 94 valence electrons. The predicted molar refractivity (Wildman–Crippen MR) is 68.6 cm³/mol. The summed E-state index contributed by atoms with van der Waals surface area (Å²) in [6.45, 7) is 1.89. The second-order valence-electron chi connectivity index (χ2n) is 4.47. The van der Waals surface area contributed by atoms with Gasteiger partial charge in [-0.1, -0.05) is 35.4 Å². The van der Waals surface area contributed by atoms with Crippen LogP contribution in [0, 0.1) is 5.92 Å². The zero-order chi connectivity index (χ0) is 12.8. The highest BCUT2D eigenvalue weighted by Gasteiger charge is 2.30. The monoisotopic (exact) mass is 244 g/mol. The van der Waals surface area contributed by atoms with E-state index in [1.807, 2.05) is 35.2 Å². The van der Waals surface area contributed by atoms with Crippen molar-refractivity contribution in [2.45, 2.75) is 19.4 Å². The minimum Gasteiger partial charge on any atom is -0.338 e. The van der Waals surface area contributed by atoms with Crippen LogP contribution in [0.2, 0.25) is 0 Å². The van der Waals surface area contributed by atoms with Crippen LogP contribution in [0.5, 0.6) is 0 Å². The van der Waals surface area contributed by atoms with E-state index in [-0.39, 0.29) is 11.8 Å². The molecule has 0 N–H and O–H groups in total. The second kappa shape index (κ2) is 6.07. The zero-order valence-corrected chi connectivity index (χ0v) is 10.2. The van der Waals surface area contributed by atoms with Gasteiger partial charge in [0.05, 0.1) is 0 Å². The summed E-state index contributed by atoms with van der Waals surface area (Å²) in [5, 5.41) is 3.49. The molecule has 1 atom stereocenters. The Bertz CT molecular complexity index is 453. The topological polar surface area (TPSA) is 69.1 Å². The lowest BCUT2D eigenvalue weighted by atomic mass is 10.0. The third-order valence-electron chi connectivity index (χ3n) is 3.27. The smallest absolute Gasteiger partial charge is 0.226 e. The first-order valence-electron chi connectivity index (χ1n) is 6.15. The number of carbonyl (C=O) groups excluding carboxylic acids is 1. The van der Waals surface area contributed by atoms with E-state index in [0.29, 0.717) is 19.5 Å². The number of hydrogen-bond donors (Lipinski definition) is 0. The summed E-state index contributed by atoms with van der Waals surface area (Å²) in [5.41, 5.74) is 9.37. The van der Waals surface area contributed by atoms with Gasteiger partial charge in [0.15, 0.2) is 0 Å². The van der Waals surface area contributed by atoms with Crippen molar-refractivity contribution in [3.8, 4) is 0 Å². The van der Waals surface area contributed by atoms with Gasteiger partial charge in [0.2, 0.25) is 5.91 Å². The number of carbonyl (C=O) groups is 1. The van der Waals surface area contributed by atoms with Crippen molar-refractivity contribution < 1.29 is 4.79 Å². The molecule has 1 heterocycles. The van der Waals surface area contributed by atoms with E-state index in [9.17, 15) is 4.79 Å². The molecule has 0 spiro atoms. The van der Waals surface area contributed by atoms with Crippen LogP contribution in [0.1, 0.15) is 18.4 Å². The van der Waals surface area contributed by atoms with Crippen LogP contribution < -0.4 is 0 Å². The maximum atomic E-state index is 12.1. The summed E-state index contributed by atoms with van der Waals surface area (Å²) < 4.78 is 0. The van der Waals surface area contributed by atoms with Crippen LogP contribution in [0.25, 0.3) is 10.4 Å². The average Bonchev–Trinajstić information content (AvgIpc) is 2.73. The fourth-order valence-corrected chi connectivity index (χ4v) is 2.29.